The Bertz CT molecular complexity index is 1490. The van der Waals surface area contributed by atoms with Gasteiger partial charge in [-0.1, -0.05) is 68.0 Å². The molecule has 37 heavy (non-hydrogen) atoms. The van der Waals surface area contributed by atoms with E-state index >= 15 is 0 Å². The van der Waals surface area contributed by atoms with Gasteiger partial charge in [0, 0.05) is 21.1 Å². The number of rotatable bonds is 2. The number of anilines is 1. The van der Waals surface area contributed by atoms with Crippen LogP contribution in [0, 0.1) is 29.6 Å². The van der Waals surface area contributed by atoms with Gasteiger partial charge in [-0.05, 0) is 65.0 Å². The van der Waals surface area contributed by atoms with Crippen LogP contribution in [0.1, 0.15) is 49.1 Å². The van der Waals surface area contributed by atoms with Crippen molar-refractivity contribution < 1.29 is 9.59 Å². The summed E-state index contributed by atoms with van der Waals surface area (Å²) in [6.07, 6.45) is 0.888. The minimum absolute atomic E-state index is 0.0395. The van der Waals surface area contributed by atoms with Crippen LogP contribution in [0.25, 0.3) is 0 Å². The number of H-pyrrole nitrogens is 1. The standard InChI is InChI=1S/C29H27ClN2O3S2/c1-29(2,3)14-6-4-13(5-7-14)19-20-17-12-18(23(20)36-25-24(19)37-28(35)31-25)22-21(17)26(33)32(27(22)34)16-10-8-15(30)9-11-16/h4-11,17-23H,12H2,1-3H3,(H,31,35)/t17?,18?,19-,20?,21?,22?,23?/m1/s1. The second-order valence-corrected chi connectivity index (χ2v) is 14.5. The van der Waals surface area contributed by atoms with Crippen LogP contribution in [-0.2, 0) is 15.0 Å². The number of nitrogens with zero attached hydrogens (tertiary/aromatic N) is 1. The van der Waals surface area contributed by atoms with Gasteiger partial charge in [-0.3, -0.25) is 19.3 Å². The van der Waals surface area contributed by atoms with Gasteiger partial charge in [0.1, 0.15) is 0 Å². The smallest absolute Gasteiger partial charge is 0.305 e. The molecule has 2 bridgehead atoms. The third-order valence-electron chi connectivity index (χ3n) is 8.94. The molecule has 3 heterocycles. The lowest BCUT2D eigenvalue weighted by Gasteiger charge is -2.43. The average Bonchev–Trinajstić information content (AvgIpc) is 3.58. The van der Waals surface area contributed by atoms with Gasteiger partial charge in [-0.25, -0.2) is 0 Å². The van der Waals surface area contributed by atoms with Gasteiger partial charge in [-0.2, -0.15) is 0 Å². The Hall–Kier alpha value is -2.35. The van der Waals surface area contributed by atoms with Crippen LogP contribution >= 0.6 is 34.7 Å². The molecule has 1 aromatic heterocycles. The molecular formula is C29H27ClN2O3S2. The number of benzene rings is 2. The molecule has 0 radical (unpaired) electrons. The van der Waals surface area contributed by atoms with Crippen LogP contribution in [0.2, 0.25) is 5.02 Å². The number of carbonyl (C=O) groups is 2. The largest absolute Gasteiger partial charge is 0.307 e. The Labute approximate surface area is 228 Å². The zero-order valence-electron chi connectivity index (χ0n) is 20.7. The number of hydrogen-bond acceptors (Lipinski definition) is 5. The first-order chi connectivity index (χ1) is 17.6. The molecule has 2 saturated carbocycles. The van der Waals surface area contributed by atoms with Crippen molar-refractivity contribution in [2.75, 3.05) is 4.90 Å². The molecule has 2 aliphatic heterocycles. The van der Waals surface area contributed by atoms with E-state index in [-0.39, 0.29) is 62.9 Å². The first-order valence-electron chi connectivity index (χ1n) is 12.8. The maximum atomic E-state index is 13.8. The fourth-order valence-electron chi connectivity index (χ4n) is 7.43. The summed E-state index contributed by atoms with van der Waals surface area (Å²) in [5.74, 6) is -0.283. The van der Waals surface area contributed by atoms with Gasteiger partial charge in [-0.15, -0.1) is 11.8 Å². The van der Waals surface area contributed by atoms with E-state index in [1.165, 1.54) is 27.4 Å². The number of fused-ring (bicyclic) bond motifs is 9. The molecule has 190 valence electrons. The molecule has 2 aliphatic carbocycles. The van der Waals surface area contributed by atoms with E-state index in [1.54, 1.807) is 36.0 Å². The minimum Gasteiger partial charge on any atom is -0.307 e. The Morgan fingerprint density at radius 2 is 1.57 bits per heavy atom. The number of thiazole rings is 1. The molecule has 3 aromatic rings. The molecule has 4 aliphatic rings. The molecule has 2 amide bonds. The van der Waals surface area contributed by atoms with E-state index < -0.39 is 0 Å². The number of aromatic nitrogens is 1. The molecule has 8 heteroatoms. The van der Waals surface area contributed by atoms with Crippen molar-refractivity contribution >= 4 is 52.2 Å². The molecule has 7 atom stereocenters. The van der Waals surface area contributed by atoms with Gasteiger partial charge in [0.25, 0.3) is 0 Å². The summed E-state index contributed by atoms with van der Waals surface area (Å²) in [6, 6.07) is 15.8. The molecule has 5 nitrogen and oxygen atoms in total. The van der Waals surface area contributed by atoms with Crippen molar-refractivity contribution in [2.24, 2.45) is 29.6 Å². The fraction of sp³-hybridized carbons (Fsp3) is 0.414. The normalized spacial score (nSPS) is 32.0. The Kier molecular flexibility index (Phi) is 5.18. The van der Waals surface area contributed by atoms with Crippen LogP contribution in [0.3, 0.4) is 0 Å². The van der Waals surface area contributed by atoms with E-state index in [2.05, 4.69) is 50.0 Å². The lowest BCUT2D eigenvalue weighted by molar-refractivity contribution is -0.123. The van der Waals surface area contributed by atoms with E-state index in [0.29, 0.717) is 10.7 Å². The molecule has 1 N–H and O–H groups in total. The summed E-state index contributed by atoms with van der Waals surface area (Å²) < 4.78 is 0. The topological polar surface area (TPSA) is 70.2 Å². The summed E-state index contributed by atoms with van der Waals surface area (Å²) in [5, 5.41) is 1.71. The molecular weight excluding hydrogens is 524 g/mol. The maximum absolute atomic E-state index is 13.8. The van der Waals surface area contributed by atoms with Crippen LogP contribution in [0.4, 0.5) is 5.69 Å². The van der Waals surface area contributed by atoms with Crippen molar-refractivity contribution in [3.8, 4) is 0 Å². The Morgan fingerprint density at radius 1 is 0.919 bits per heavy atom. The third-order valence-corrected chi connectivity index (χ3v) is 11.8. The number of amides is 2. The number of imide groups is 1. The summed E-state index contributed by atoms with van der Waals surface area (Å²) >= 11 is 9.09. The quantitative estimate of drug-likeness (QED) is 0.393. The fourth-order valence-corrected chi connectivity index (χ4v) is 10.4. The zero-order valence-corrected chi connectivity index (χ0v) is 23.1. The predicted octanol–water partition coefficient (Wildman–Crippen LogP) is 6.07. The highest BCUT2D eigenvalue weighted by atomic mass is 35.5. The SMILES string of the molecule is CC(C)(C)c1ccc([C@H]2c3sc(=O)[nH]c3SC3C4CC(C5C(=O)N(c6ccc(Cl)cc6)C(=O)C45)C32)cc1. The lowest BCUT2D eigenvalue weighted by Crippen LogP contribution is -2.42. The number of hydrogen-bond donors (Lipinski definition) is 1. The van der Waals surface area contributed by atoms with Crippen LogP contribution in [-0.4, -0.2) is 22.0 Å². The minimum atomic E-state index is -0.302. The second-order valence-electron chi connectivity index (χ2n) is 11.8. The van der Waals surface area contributed by atoms with E-state index in [4.69, 9.17) is 11.6 Å². The summed E-state index contributed by atoms with van der Waals surface area (Å²) in [7, 11) is 0. The van der Waals surface area contributed by atoms with Gasteiger partial charge in [0.05, 0.1) is 22.5 Å². The van der Waals surface area contributed by atoms with Crippen LogP contribution < -0.4 is 9.77 Å². The first kappa shape index (κ1) is 23.7. The van der Waals surface area contributed by atoms with Crippen molar-refractivity contribution in [2.45, 2.75) is 48.8 Å². The van der Waals surface area contributed by atoms with E-state index in [9.17, 15) is 14.4 Å². The molecule has 0 spiro atoms. The van der Waals surface area contributed by atoms with Gasteiger partial charge < -0.3 is 4.98 Å². The number of aromatic amines is 1. The molecule has 3 fully saturated rings. The monoisotopic (exact) mass is 550 g/mol. The first-order valence-corrected chi connectivity index (χ1v) is 14.8. The Morgan fingerprint density at radius 3 is 2.22 bits per heavy atom. The van der Waals surface area contributed by atoms with Gasteiger partial charge in [0.15, 0.2) is 0 Å². The Balaban J connectivity index is 1.30. The summed E-state index contributed by atoms with van der Waals surface area (Å²) in [6.45, 7) is 6.61. The predicted molar refractivity (Wildman–Crippen MR) is 148 cm³/mol. The number of carbonyl (C=O) groups excluding carboxylic acids is 2. The third kappa shape index (κ3) is 3.39. The number of halogens is 1. The highest BCUT2D eigenvalue weighted by molar-refractivity contribution is 8.00. The molecule has 1 saturated heterocycles. The highest BCUT2D eigenvalue weighted by Crippen LogP contribution is 2.68. The van der Waals surface area contributed by atoms with Crippen LogP contribution in [0.5, 0.6) is 0 Å². The molecule has 2 aromatic carbocycles. The van der Waals surface area contributed by atoms with E-state index in [0.717, 1.165) is 16.3 Å². The number of thioether (sulfide) groups is 1. The lowest BCUT2D eigenvalue weighted by atomic mass is 9.68. The van der Waals surface area contributed by atoms with Crippen molar-refractivity contribution in [3.63, 3.8) is 0 Å². The highest BCUT2D eigenvalue weighted by Gasteiger charge is 2.69. The van der Waals surface area contributed by atoms with Gasteiger partial charge >= 0.3 is 4.87 Å². The summed E-state index contributed by atoms with van der Waals surface area (Å²) in [5.41, 5.74) is 3.11. The summed E-state index contributed by atoms with van der Waals surface area (Å²) in [4.78, 5) is 45.5. The average molecular weight is 551 g/mol. The zero-order chi connectivity index (χ0) is 25.8. The van der Waals surface area contributed by atoms with Crippen molar-refractivity contribution in [1.82, 2.24) is 4.98 Å². The van der Waals surface area contributed by atoms with Crippen LogP contribution in [0.15, 0.2) is 58.4 Å². The van der Waals surface area contributed by atoms with E-state index in [1.807, 2.05) is 0 Å². The van der Waals surface area contributed by atoms with Crippen molar-refractivity contribution in [3.05, 3.63) is 79.2 Å². The molecule has 6 unspecified atom stereocenters. The second kappa shape index (κ2) is 8.08. The van der Waals surface area contributed by atoms with Crippen molar-refractivity contribution in [1.29, 1.82) is 0 Å². The van der Waals surface area contributed by atoms with Gasteiger partial charge in [0.2, 0.25) is 11.8 Å². The maximum Gasteiger partial charge on any atom is 0.305 e. The number of nitrogens with one attached hydrogen (secondary N) is 1. The molecule has 7 rings (SSSR count).